The van der Waals surface area contributed by atoms with E-state index in [0.717, 1.165) is 83.5 Å². The number of rotatable bonds is 44. The van der Waals surface area contributed by atoms with Gasteiger partial charge in [-0.1, -0.05) is 201 Å². The summed E-state index contributed by atoms with van der Waals surface area (Å²) in [6.45, 7) is 6.40. The van der Waals surface area contributed by atoms with E-state index in [1.54, 1.807) is 0 Å². The van der Waals surface area contributed by atoms with Crippen LogP contribution in [0.4, 0.5) is 0 Å². The van der Waals surface area contributed by atoms with Crippen molar-refractivity contribution in [2.75, 3.05) is 13.2 Å². The lowest BCUT2D eigenvalue weighted by Crippen LogP contribution is -2.30. The Morgan fingerprint density at radius 2 is 0.645 bits per heavy atom. The highest BCUT2D eigenvalue weighted by molar-refractivity contribution is 5.71. The SMILES string of the molecule is CC/C=C\C/C=C\C/C=C\C/C=C\CCCCC(=O)O[C@H](COC(=O)CCC/C=C\C/C=C\C/C=C\C/C=C\CCCCC)COC(=O)CCCCCCCCCCCCCC. The Morgan fingerprint density at radius 1 is 0.339 bits per heavy atom. The third-order valence-corrected chi connectivity index (χ3v) is 10.3. The number of ether oxygens (including phenoxy) is 3. The molecule has 6 heteroatoms. The van der Waals surface area contributed by atoms with E-state index in [9.17, 15) is 14.4 Å². The van der Waals surface area contributed by atoms with Crippen molar-refractivity contribution in [1.29, 1.82) is 0 Å². The maximum absolute atomic E-state index is 12.8. The van der Waals surface area contributed by atoms with Gasteiger partial charge in [0.2, 0.25) is 0 Å². The number of unbranched alkanes of at least 4 members (excludes halogenated alkanes) is 17. The molecule has 62 heavy (non-hydrogen) atoms. The molecule has 0 aromatic heterocycles. The summed E-state index contributed by atoms with van der Waals surface area (Å²) in [5.74, 6) is -1.02. The van der Waals surface area contributed by atoms with Crippen molar-refractivity contribution >= 4 is 17.9 Å². The highest BCUT2D eigenvalue weighted by atomic mass is 16.6. The highest BCUT2D eigenvalue weighted by Crippen LogP contribution is 2.14. The predicted octanol–water partition coefficient (Wildman–Crippen LogP) is 16.6. The molecular weight excluding hydrogens is 769 g/mol. The fraction of sp³-hybridized carbons (Fsp3) is 0.661. The van der Waals surface area contributed by atoms with Crippen molar-refractivity contribution in [3.8, 4) is 0 Å². The Kier molecular flexibility index (Phi) is 47.0. The van der Waals surface area contributed by atoms with Gasteiger partial charge in [0.15, 0.2) is 6.10 Å². The van der Waals surface area contributed by atoms with Gasteiger partial charge in [-0.25, -0.2) is 0 Å². The maximum Gasteiger partial charge on any atom is 0.306 e. The summed E-state index contributed by atoms with van der Waals surface area (Å²) in [5.41, 5.74) is 0. The zero-order valence-corrected chi connectivity index (χ0v) is 40.1. The van der Waals surface area contributed by atoms with Crippen LogP contribution < -0.4 is 0 Å². The molecule has 0 amide bonds. The number of allylic oxidation sites excluding steroid dienone is 16. The van der Waals surface area contributed by atoms with Crippen LogP contribution in [0.25, 0.3) is 0 Å². The van der Waals surface area contributed by atoms with E-state index in [1.165, 1.54) is 83.5 Å². The molecule has 1 atom stereocenters. The summed E-state index contributed by atoms with van der Waals surface area (Å²) in [6.07, 6.45) is 65.4. The molecule has 0 aromatic carbocycles. The molecule has 0 aromatic rings. The molecule has 0 aliphatic heterocycles. The number of carbonyl (C=O) groups excluding carboxylic acids is 3. The Labute approximate surface area is 381 Å². The summed E-state index contributed by atoms with van der Waals surface area (Å²) in [7, 11) is 0. The first-order valence-corrected chi connectivity index (χ1v) is 25.2. The highest BCUT2D eigenvalue weighted by Gasteiger charge is 2.19. The molecule has 0 N–H and O–H groups in total. The minimum atomic E-state index is -0.819. The molecule has 0 saturated carbocycles. The summed E-state index contributed by atoms with van der Waals surface area (Å²) in [4.78, 5) is 37.9. The fourth-order valence-electron chi connectivity index (χ4n) is 6.54. The molecule has 0 heterocycles. The van der Waals surface area contributed by atoms with Gasteiger partial charge < -0.3 is 14.2 Å². The van der Waals surface area contributed by atoms with Crippen LogP contribution in [0.15, 0.2) is 97.2 Å². The summed E-state index contributed by atoms with van der Waals surface area (Å²) < 4.78 is 16.7. The zero-order chi connectivity index (χ0) is 45.1. The van der Waals surface area contributed by atoms with Gasteiger partial charge in [0.25, 0.3) is 0 Å². The van der Waals surface area contributed by atoms with Crippen LogP contribution in [-0.2, 0) is 28.6 Å². The van der Waals surface area contributed by atoms with E-state index in [0.29, 0.717) is 19.3 Å². The van der Waals surface area contributed by atoms with Crippen LogP contribution in [0.1, 0.15) is 220 Å². The second-order valence-corrected chi connectivity index (χ2v) is 16.3. The van der Waals surface area contributed by atoms with Gasteiger partial charge in [0, 0.05) is 19.3 Å². The topological polar surface area (TPSA) is 78.9 Å². The van der Waals surface area contributed by atoms with Gasteiger partial charge >= 0.3 is 17.9 Å². The minimum absolute atomic E-state index is 0.111. The average Bonchev–Trinajstić information content (AvgIpc) is 3.27. The first-order chi connectivity index (χ1) is 30.5. The molecule has 6 nitrogen and oxygen atoms in total. The Balaban J connectivity index is 4.55. The minimum Gasteiger partial charge on any atom is -0.462 e. The van der Waals surface area contributed by atoms with Gasteiger partial charge in [0.05, 0.1) is 0 Å². The second-order valence-electron chi connectivity index (χ2n) is 16.3. The van der Waals surface area contributed by atoms with Crippen molar-refractivity contribution in [2.45, 2.75) is 226 Å². The molecule has 0 spiro atoms. The third-order valence-electron chi connectivity index (χ3n) is 10.3. The summed E-state index contributed by atoms with van der Waals surface area (Å²) in [6, 6.07) is 0. The van der Waals surface area contributed by atoms with E-state index in [1.807, 2.05) is 0 Å². The number of esters is 3. The van der Waals surface area contributed by atoms with Crippen molar-refractivity contribution in [3.05, 3.63) is 97.2 Å². The third kappa shape index (κ3) is 47.4. The van der Waals surface area contributed by atoms with Gasteiger partial charge in [-0.3, -0.25) is 14.4 Å². The smallest absolute Gasteiger partial charge is 0.306 e. The molecule has 0 radical (unpaired) electrons. The standard InChI is InChI=1S/C56H92O6/c1-4-7-10-13-16-19-22-25-27-28-30-31-34-37-40-43-46-49-55(58)61-52-53(51-60-54(57)48-45-42-39-36-33-24-21-18-15-12-9-6-3)62-56(59)50-47-44-41-38-35-32-29-26-23-20-17-14-11-8-5-2/h8,11,16-17,19-20,25-27,29-31,35,37-38,40,53H,4-7,9-10,12-15,18,21-24,28,32-34,36,39,41-52H2,1-3H3/b11-8-,19-16-,20-17-,27-25-,29-26-,31-30-,38-35-,40-37-/t53-/m0/s1. The lowest BCUT2D eigenvalue weighted by molar-refractivity contribution is -0.167. The van der Waals surface area contributed by atoms with Crippen molar-refractivity contribution in [1.82, 2.24) is 0 Å². The van der Waals surface area contributed by atoms with E-state index < -0.39 is 6.10 Å². The second kappa shape index (κ2) is 50.0. The quantitative estimate of drug-likeness (QED) is 0.0263. The van der Waals surface area contributed by atoms with E-state index in [-0.39, 0.29) is 44.0 Å². The molecular formula is C56H92O6. The lowest BCUT2D eigenvalue weighted by Gasteiger charge is -2.18. The Morgan fingerprint density at radius 3 is 1.08 bits per heavy atom. The van der Waals surface area contributed by atoms with Crippen LogP contribution >= 0.6 is 0 Å². The van der Waals surface area contributed by atoms with Crippen LogP contribution in [-0.4, -0.2) is 37.2 Å². The molecule has 0 aliphatic rings. The monoisotopic (exact) mass is 861 g/mol. The zero-order valence-electron chi connectivity index (χ0n) is 40.1. The average molecular weight is 861 g/mol. The Bertz CT molecular complexity index is 1260. The van der Waals surface area contributed by atoms with E-state index in [2.05, 4.69) is 118 Å². The van der Waals surface area contributed by atoms with E-state index in [4.69, 9.17) is 14.2 Å². The molecule has 0 saturated heterocycles. The normalized spacial score (nSPS) is 12.9. The van der Waals surface area contributed by atoms with Gasteiger partial charge in [-0.15, -0.1) is 0 Å². The summed E-state index contributed by atoms with van der Waals surface area (Å²) >= 11 is 0. The first kappa shape index (κ1) is 58.3. The molecule has 0 unspecified atom stereocenters. The number of hydrogen-bond acceptors (Lipinski definition) is 6. The van der Waals surface area contributed by atoms with Crippen molar-refractivity contribution < 1.29 is 28.6 Å². The van der Waals surface area contributed by atoms with Crippen LogP contribution in [0, 0.1) is 0 Å². The molecule has 0 bridgehead atoms. The molecule has 0 rings (SSSR count). The maximum atomic E-state index is 12.8. The van der Waals surface area contributed by atoms with Crippen LogP contribution in [0.3, 0.4) is 0 Å². The van der Waals surface area contributed by atoms with Crippen molar-refractivity contribution in [3.63, 3.8) is 0 Å². The summed E-state index contributed by atoms with van der Waals surface area (Å²) in [5, 5.41) is 0. The Hall–Kier alpha value is -3.67. The van der Waals surface area contributed by atoms with E-state index >= 15 is 0 Å². The van der Waals surface area contributed by atoms with Gasteiger partial charge in [0.1, 0.15) is 13.2 Å². The fourth-order valence-corrected chi connectivity index (χ4v) is 6.54. The van der Waals surface area contributed by atoms with Gasteiger partial charge in [-0.2, -0.15) is 0 Å². The van der Waals surface area contributed by atoms with Gasteiger partial charge in [-0.05, 0) is 96.3 Å². The lowest BCUT2D eigenvalue weighted by atomic mass is 10.0. The predicted molar refractivity (Wildman–Crippen MR) is 265 cm³/mol. The molecule has 352 valence electrons. The molecule has 0 aliphatic carbocycles. The number of hydrogen-bond donors (Lipinski definition) is 0. The number of carbonyl (C=O) groups is 3. The largest absolute Gasteiger partial charge is 0.462 e. The van der Waals surface area contributed by atoms with Crippen LogP contribution in [0.5, 0.6) is 0 Å². The first-order valence-electron chi connectivity index (χ1n) is 25.2. The van der Waals surface area contributed by atoms with Crippen LogP contribution in [0.2, 0.25) is 0 Å². The van der Waals surface area contributed by atoms with Crippen molar-refractivity contribution in [2.24, 2.45) is 0 Å². The molecule has 0 fully saturated rings.